The summed E-state index contributed by atoms with van der Waals surface area (Å²) in [4.78, 5) is 3.58. The second-order valence-corrected chi connectivity index (χ2v) is 10.5. The number of benzene rings is 1. The number of rotatable bonds is 16. The topological polar surface area (TPSA) is 40.6 Å². The van der Waals surface area contributed by atoms with Gasteiger partial charge >= 0.3 is 0 Å². The van der Waals surface area contributed by atoms with E-state index in [2.05, 4.69) is 11.9 Å². The van der Waals surface area contributed by atoms with Gasteiger partial charge in [0, 0.05) is 24.8 Å². The highest BCUT2D eigenvalue weighted by atomic mass is 35.5. The highest BCUT2D eigenvalue weighted by Gasteiger charge is 2.50. The van der Waals surface area contributed by atoms with Gasteiger partial charge in [-0.1, -0.05) is 39.2 Å². The number of hydrogen-bond acceptors (Lipinski definition) is 4. The summed E-state index contributed by atoms with van der Waals surface area (Å²) >= 11 is 6.13. The van der Waals surface area contributed by atoms with Gasteiger partial charge in [0.25, 0.3) is 5.92 Å². The highest BCUT2D eigenvalue weighted by Crippen LogP contribution is 2.51. The Morgan fingerprint density at radius 3 is 2.44 bits per heavy atom. The first-order valence-electron chi connectivity index (χ1n) is 13.7. The van der Waals surface area contributed by atoms with Crippen molar-refractivity contribution in [2.24, 2.45) is 0 Å². The summed E-state index contributed by atoms with van der Waals surface area (Å²) in [5.41, 5.74) is -1.40. The maximum atomic E-state index is 15.5. The smallest absolute Gasteiger partial charge is 0.284 e. The van der Waals surface area contributed by atoms with E-state index in [4.69, 9.17) is 25.8 Å². The molecule has 1 aromatic heterocycles. The zero-order chi connectivity index (χ0) is 28.4. The third-order valence-electron chi connectivity index (χ3n) is 6.82. The number of ether oxygens (including phenoxy) is 3. The fraction of sp³-hybridized carbons (Fsp3) is 0.621. The second kappa shape index (κ2) is 15.0. The van der Waals surface area contributed by atoms with E-state index in [-0.39, 0.29) is 42.9 Å². The molecule has 1 aromatic carbocycles. The SMILES string of the molecule is CCCCOCCCCOc1cc2c(c(F)n1)C(F)(F)C(c1ccc(OCC(Cl)CCCC)c(F)c1F)CC2. The van der Waals surface area contributed by atoms with Gasteiger partial charge in [-0.3, -0.25) is 0 Å². The van der Waals surface area contributed by atoms with Crippen LogP contribution in [0.5, 0.6) is 11.6 Å². The molecule has 1 heterocycles. The van der Waals surface area contributed by atoms with Crippen LogP contribution >= 0.6 is 11.6 Å². The largest absolute Gasteiger partial charge is 0.489 e. The first-order valence-corrected chi connectivity index (χ1v) is 14.2. The number of pyridine rings is 1. The van der Waals surface area contributed by atoms with E-state index in [9.17, 15) is 13.2 Å². The molecule has 0 spiro atoms. The van der Waals surface area contributed by atoms with Crippen LogP contribution in [0, 0.1) is 17.6 Å². The van der Waals surface area contributed by atoms with Crippen molar-refractivity contribution in [3.63, 3.8) is 0 Å². The summed E-state index contributed by atoms with van der Waals surface area (Å²) in [5.74, 6) is -10.2. The van der Waals surface area contributed by atoms with Crippen LogP contribution in [0.1, 0.15) is 87.8 Å². The third-order valence-corrected chi connectivity index (χ3v) is 7.17. The van der Waals surface area contributed by atoms with Gasteiger partial charge in [-0.15, -0.1) is 11.6 Å². The number of aryl methyl sites for hydroxylation is 1. The summed E-state index contributed by atoms with van der Waals surface area (Å²) in [7, 11) is 0. The Bertz CT molecular complexity index is 1070. The van der Waals surface area contributed by atoms with Gasteiger partial charge < -0.3 is 14.2 Å². The van der Waals surface area contributed by atoms with Crippen molar-refractivity contribution in [3.05, 3.63) is 52.5 Å². The molecular weight excluding hydrogens is 541 g/mol. The van der Waals surface area contributed by atoms with Crippen LogP contribution in [0.3, 0.4) is 0 Å². The average molecular weight is 578 g/mol. The monoisotopic (exact) mass is 577 g/mol. The molecule has 1 aliphatic carbocycles. The molecule has 39 heavy (non-hydrogen) atoms. The quantitative estimate of drug-likeness (QED) is 0.0868. The molecule has 2 unspecified atom stereocenters. The summed E-state index contributed by atoms with van der Waals surface area (Å²) in [6.07, 6.45) is 5.69. The summed E-state index contributed by atoms with van der Waals surface area (Å²) in [6, 6.07) is 3.49. The van der Waals surface area contributed by atoms with Gasteiger partial charge in [0.2, 0.25) is 17.6 Å². The Kier molecular flexibility index (Phi) is 12.1. The van der Waals surface area contributed by atoms with Crippen molar-refractivity contribution < 1.29 is 36.2 Å². The molecule has 0 radical (unpaired) electrons. The molecule has 2 atom stereocenters. The average Bonchev–Trinajstić information content (AvgIpc) is 2.90. The second-order valence-electron chi connectivity index (χ2n) is 9.85. The van der Waals surface area contributed by atoms with Gasteiger partial charge in [-0.25, -0.2) is 13.2 Å². The molecule has 0 saturated carbocycles. The number of nitrogens with zero attached hydrogens (tertiary/aromatic N) is 1. The van der Waals surface area contributed by atoms with Crippen molar-refractivity contribution >= 4 is 11.6 Å². The molecule has 0 amide bonds. The molecule has 10 heteroatoms. The van der Waals surface area contributed by atoms with Crippen LogP contribution in [0.15, 0.2) is 18.2 Å². The van der Waals surface area contributed by atoms with Crippen molar-refractivity contribution in [1.82, 2.24) is 4.98 Å². The molecule has 1 aliphatic rings. The lowest BCUT2D eigenvalue weighted by Gasteiger charge is -2.34. The Hall–Kier alpha value is -2.13. The van der Waals surface area contributed by atoms with E-state index in [1.54, 1.807) is 0 Å². The molecule has 4 nitrogen and oxygen atoms in total. The lowest BCUT2D eigenvalue weighted by molar-refractivity contribution is -0.0487. The zero-order valence-corrected chi connectivity index (χ0v) is 23.3. The minimum Gasteiger partial charge on any atom is -0.489 e. The van der Waals surface area contributed by atoms with Gasteiger partial charge in [0.1, 0.15) is 6.61 Å². The van der Waals surface area contributed by atoms with Crippen LogP contribution in [0.2, 0.25) is 0 Å². The number of halogens is 6. The van der Waals surface area contributed by atoms with Crippen molar-refractivity contribution in [2.45, 2.75) is 88.9 Å². The number of alkyl halides is 3. The highest BCUT2D eigenvalue weighted by molar-refractivity contribution is 6.20. The van der Waals surface area contributed by atoms with Gasteiger partial charge in [0.05, 0.1) is 23.5 Å². The van der Waals surface area contributed by atoms with Crippen molar-refractivity contribution in [3.8, 4) is 11.6 Å². The molecule has 0 fully saturated rings. The Morgan fingerprint density at radius 2 is 1.69 bits per heavy atom. The lowest BCUT2D eigenvalue weighted by Crippen LogP contribution is -2.32. The standard InChI is InChI=1S/C29H37ClF5NO3/c1-3-5-9-20(30)18-39-23-13-11-21(26(31)27(23)32)22-12-10-19-17-24(36-28(33)25(19)29(22,34)35)38-16-8-7-15-37-14-6-4-2/h11,13,17,20,22H,3-10,12,14-16,18H2,1-2H3. The Labute approximate surface area is 232 Å². The summed E-state index contributed by atoms with van der Waals surface area (Å²) in [5, 5.41) is -0.389. The Morgan fingerprint density at radius 1 is 0.974 bits per heavy atom. The molecule has 0 aliphatic heterocycles. The number of hydrogen-bond donors (Lipinski definition) is 0. The van der Waals surface area contributed by atoms with Crippen molar-refractivity contribution in [1.29, 1.82) is 0 Å². The van der Waals surface area contributed by atoms with Crippen LogP contribution in [0.4, 0.5) is 22.0 Å². The first-order chi connectivity index (χ1) is 18.7. The number of aromatic nitrogens is 1. The molecule has 218 valence electrons. The maximum Gasteiger partial charge on any atom is 0.284 e. The van der Waals surface area contributed by atoms with E-state index in [1.807, 2.05) is 6.92 Å². The van der Waals surface area contributed by atoms with Crippen LogP contribution < -0.4 is 9.47 Å². The van der Waals surface area contributed by atoms with E-state index in [0.717, 1.165) is 44.2 Å². The molecule has 0 N–H and O–H groups in total. The first kappa shape index (κ1) is 31.4. The molecular formula is C29H37ClF5NO3. The molecule has 0 saturated heterocycles. The third kappa shape index (κ3) is 8.19. The van der Waals surface area contributed by atoms with Crippen molar-refractivity contribution in [2.75, 3.05) is 26.4 Å². The predicted octanol–water partition coefficient (Wildman–Crippen LogP) is 8.47. The maximum absolute atomic E-state index is 15.5. The van der Waals surface area contributed by atoms with E-state index in [0.29, 0.717) is 26.1 Å². The lowest BCUT2D eigenvalue weighted by atomic mass is 9.77. The fourth-order valence-electron chi connectivity index (χ4n) is 4.62. The molecule has 3 rings (SSSR count). The predicted molar refractivity (Wildman–Crippen MR) is 141 cm³/mol. The van der Waals surface area contributed by atoms with Gasteiger partial charge in [-0.05, 0) is 50.2 Å². The van der Waals surface area contributed by atoms with Gasteiger partial charge in [0.15, 0.2) is 11.6 Å². The number of fused-ring (bicyclic) bond motifs is 1. The summed E-state index contributed by atoms with van der Waals surface area (Å²) < 4.78 is 91.9. The van der Waals surface area contributed by atoms with Crippen LogP contribution in [0.25, 0.3) is 0 Å². The van der Waals surface area contributed by atoms with E-state index in [1.165, 1.54) is 6.07 Å². The van der Waals surface area contributed by atoms with Crippen LogP contribution in [-0.2, 0) is 17.1 Å². The summed E-state index contributed by atoms with van der Waals surface area (Å²) in [6.45, 7) is 5.56. The molecule has 0 bridgehead atoms. The molecule has 2 aromatic rings. The van der Waals surface area contributed by atoms with E-state index < -0.39 is 46.3 Å². The normalized spacial score (nSPS) is 17.1. The zero-order valence-electron chi connectivity index (χ0n) is 22.5. The van der Waals surface area contributed by atoms with Gasteiger partial charge in [-0.2, -0.15) is 13.8 Å². The minimum absolute atomic E-state index is 0.0291. The Balaban J connectivity index is 1.67. The fourth-order valence-corrected chi connectivity index (χ4v) is 4.83. The van der Waals surface area contributed by atoms with Crippen LogP contribution in [-0.4, -0.2) is 36.8 Å². The van der Waals surface area contributed by atoms with E-state index >= 15 is 8.78 Å². The minimum atomic E-state index is -3.81. The number of unbranched alkanes of at least 4 members (excludes halogenated alkanes) is 3.